The van der Waals surface area contributed by atoms with E-state index in [-0.39, 0.29) is 17.4 Å². The Morgan fingerprint density at radius 2 is 1.89 bits per heavy atom. The molecule has 4 rings (SSSR count). The molecule has 1 aliphatic heterocycles. The Hall–Kier alpha value is -2.77. The number of H-pyrrole nitrogens is 1. The van der Waals surface area contributed by atoms with Gasteiger partial charge in [-0.1, -0.05) is 0 Å². The van der Waals surface area contributed by atoms with Crippen molar-refractivity contribution in [2.24, 2.45) is 5.92 Å². The number of hydrogen-bond donors (Lipinski definition) is 1. The number of nitrogens with one attached hydrogen (secondary N) is 1. The number of anilines is 1. The summed E-state index contributed by atoms with van der Waals surface area (Å²) in [5, 5.41) is 0. The molecule has 1 saturated heterocycles. The molecule has 1 N–H and O–H groups in total. The highest BCUT2D eigenvalue weighted by Gasteiger charge is 2.29. The van der Waals surface area contributed by atoms with Crippen LogP contribution in [0.5, 0.6) is 0 Å². The zero-order valence-corrected chi connectivity index (χ0v) is 16.2. The lowest BCUT2D eigenvalue weighted by Gasteiger charge is -2.25. The number of hydrogen-bond acceptors (Lipinski definition) is 6. The molecule has 0 aromatic carbocycles. The first-order valence-electron chi connectivity index (χ1n) is 10.0. The SMILES string of the molecule is Cc1nc2c(c(=O)[nH]1)CCC(C(=O)N1CCCN(c3ncccn3)CC1)CC2. The predicted octanol–water partition coefficient (Wildman–Crippen LogP) is 1.10. The molecule has 0 radical (unpaired) electrons. The van der Waals surface area contributed by atoms with Crippen LogP contribution in [0.3, 0.4) is 0 Å². The van der Waals surface area contributed by atoms with Crippen molar-refractivity contribution in [2.75, 3.05) is 31.1 Å². The van der Waals surface area contributed by atoms with E-state index in [1.165, 1.54) is 0 Å². The number of carbonyl (C=O) groups excluding carboxylic acids is 1. The van der Waals surface area contributed by atoms with E-state index in [2.05, 4.69) is 24.8 Å². The summed E-state index contributed by atoms with van der Waals surface area (Å²) in [6, 6.07) is 1.81. The summed E-state index contributed by atoms with van der Waals surface area (Å²) in [5.41, 5.74) is 1.56. The minimum absolute atomic E-state index is 0.0477. The van der Waals surface area contributed by atoms with Gasteiger partial charge in [0.15, 0.2) is 0 Å². The van der Waals surface area contributed by atoms with Gasteiger partial charge in [-0.05, 0) is 45.1 Å². The molecule has 0 saturated carbocycles. The van der Waals surface area contributed by atoms with Crippen LogP contribution < -0.4 is 10.5 Å². The van der Waals surface area contributed by atoms with Crippen LogP contribution in [0.1, 0.15) is 36.3 Å². The summed E-state index contributed by atoms with van der Waals surface area (Å²) in [7, 11) is 0. The van der Waals surface area contributed by atoms with E-state index in [9.17, 15) is 9.59 Å². The molecule has 1 unspecified atom stereocenters. The first-order valence-corrected chi connectivity index (χ1v) is 10.0. The highest BCUT2D eigenvalue weighted by molar-refractivity contribution is 5.79. The van der Waals surface area contributed by atoms with Crippen molar-refractivity contribution in [2.45, 2.75) is 39.0 Å². The van der Waals surface area contributed by atoms with E-state index < -0.39 is 0 Å². The summed E-state index contributed by atoms with van der Waals surface area (Å²) in [6.45, 7) is 4.82. The fourth-order valence-corrected chi connectivity index (χ4v) is 4.20. The number of nitrogens with zero attached hydrogens (tertiary/aromatic N) is 5. The quantitative estimate of drug-likeness (QED) is 0.782. The maximum atomic E-state index is 13.2. The van der Waals surface area contributed by atoms with Crippen LogP contribution in [-0.4, -0.2) is 56.9 Å². The standard InChI is InChI=1S/C20H26N6O2/c1-14-23-17-7-5-15(4-6-16(17)18(27)24-14)19(28)25-10-3-11-26(13-12-25)20-21-8-2-9-22-20/h2,8-9,15H,3-7,10-13H2,1H3,(H,23,24,27). The molecule has 1 fully saturated rings. The number of aryl methyl sites for hydroxylation is 2. The van der Waals surface area contributed by atoms with Gasteiger partial charge >= 0.3 is 0 Å². The number of aromatic nitrogens is 4. The molecule has 28 heavy (non-hydrogen) atoms. The highest BCUT2D eigenvalue weighted by Crippen LogP contribution is 2.24. The molecule has 148 valence electrons. The van der Waals surface area contributed by atoms with Crippen LogP contribution in [0.4, 0.5) is 5.95 Å². The number of carbonyl (C=O) groups is 1. The van der Waals surface area contributed by atoms with Crippen LogP contribution in [-0.2, 0) is 17.6 Å². The lowest BCUT2D eigenvalue weighted by atomic mass is 9.98. The van der Waals surface area contributed by atoms with Crippen molar-refractivity contribution in [1.29, 1.82) is 0 Å². The average Bonchev–Trinajstić information content (AvgIpc) is 3.07. The Morgan fingerprint density at radius 3 is 2.71 bits per heavy atom. The molecule has 1 amide bonds. The number of amides is 1. The number of aromatic amines is 1. The van der Waals surface area contributed by atoms with Gasteiger partial charge in [0.05, 0.1) is 5.69 Å². The van der Waals surface area contributed by atoms with Crippen LogP contribution in [0.25, 0.3) is 0 Å². The fraction of sp³-hybridized carbons (Fsp3) is 0.550. The van der Waals surface area contributed by atoms with E-state index in [0.29, 0.717) is 31.6 Å². The van der Waals surface area contributed by atoms with Gasteiger partial charge in [0.1, 0.15) is 5.82 Å². The molecule has 2 aliphatic rings. The minimum Gasteiger partial charge on any atom is -0.341 e. The molecule has 1 atom stereocenters. The Balaban J connectivity index is 1.41. The average molecular weight is 382 g/mol. The zero-order chi connectivity index (χ0) is 19.5. The lowest BCUT2D eigenvalue weighted by Crippen LogP contribution is -2.39. The van der Waals surface area contributed by atoms with Crippen LogP contribution >= 0.6 is 0 Å². The van der Waals surface area contributed by atoms with Crippen molar-refractivity contribution in [1.82, 2.24) is 24.8 Å². The largest absolute Gasteiger partial charge is 0.341 e. The van der Waals surface area contributed by atoms with Gasteiger partial charge in [0.25, 0.3) is 5.56 Å². The summed E-state index contributed by atoms with van der Waals surface area (Å²) in [5.74, 6) is 1.52. The second kappa shape index (κ2) is 8.08. The third kappa shape index (κ3) is 3.90. The van der Waals surface area contributed by atoms with Gasteiger partial charge in [0, 0.05) is 50.1 Å². The van der Waals surface area contributed by atoms with Crippen LogP contribution in [0.2, 0.25) is 0 Å². The second-order valence-electron chi connectivity index (χ2n) is 7.57. The molecule has 2 aromatic heterocycles. The molecular weight excluding hydrogens is 356 g/mol. The monoisotopic (exact) mass is 382 g/mol. The van der Waals surface area contributed by atoms with E-state index in [0.717, 1.165) is 49.7 Å². The molecular formula is C20H26N6O2. The highest BCUT2D eigenvalue weighted by atomic mass is 16.2. The fourth-order valence-electron chi connectivity index (χ4n) is 4.20. The topological polar surface area (TPSA) is 95.1 Å². The van der Waals surface area contributed by atoms with E-state index >= 15 is 0 Å². The van der Waals surface area contributed by atoms with E-state index in [1.807, 2.05) is 11.0 Å². The van der Waals surface area contributed by atoms with E-state index in [1.54, 1.807) is 19.3 Å². The zero-order valence-electron chi connectivity index (χ0n) is 16.2. The van der Waals surface area contributed by atoms with Gasteiger partial charge in [-0.25, -0.2) is 15.0 Å². The minimum atomic E-state index is -0.0520. The van der Waals surface area contributed by atoms with Crippen LogP contribution in [0, 0.1) is 12.8 Å². The van der Waals surface area contributed by atoms with Crippen molar-refractivity contribution >= 4 is 11.9 Å². The second-order valence-corrected chi connectivity index (χ2v) is 7.57. The molecule has 3 heterocycles. The van der Waals surface area contributed by atoms with Gasteiger partial charge in [-0.3, -0.25) is 9.59 Å². The summed E-state index contributed by atoms with van der Waals surface area (Å²) < 4.78 is 0. The first-order chi connectivity index (χ1) is 13.6. The third-order valence-electron chi connectivity index (χ3n) is 5.68. The third-order valence-corrected chi connectivity index (χ3v) is 5.68. The summed E-state index contributed by atoms with van der Waals surface area (Å²) >= 11 is 0. The van der Waals surface area contributed by atoms with Gasteiger partial charge < -0.3 is 14.8 Å². The molecule has 1 aliphatic carbocycles. The molecule has 0 bridgehead atoms. The number of fused-ring (bicyclic) bond motifs is 1. The number of rotatable bonds is 2. The van der Waals surface area contributed by atoms with Crippen molar-refractivity contribution in [3.05, 3.63) is 45.9 Å². The molecule has 2 aromatic rings. The maximum absolute atomic E-state index is 13.2. The Kier molecular flexibility index (Phi) is 5.36. The summed E-state index contributed by atoms with van der Waals surface area (Å²) in [6.07, 6.45) is 7.16. The van der Waals surface area contributed by atoms with Crippen molar-refractivity contribution in [3.63, 3.8) is 0 Å². The maximum Gasteiger partial charge on any atom is 0.254 e. The smallest absolute Gasteiger partial charge is 0.254 e. The molecule has 8 heteroatoms. The normalized spacial score (nSPS) is 20.2. The Morgan fingerprint density at radius 1 is 1.11 bits per heavy atom. The van der Waals surface area contributed by atoms with Gasteiger partial charge in [-0.15, -0.1) is 0 Å². The Bertz CT molecular complexity index is 897. The van der Waals surface area contributed by atoms with Crippen molar-refractivity contribution < 1.29 is 4.79 Å². The van der Waals surface area contributed by atoms with Crippen LogP contribution in [0.15, 0.2) is 23.3 Å². The first kappa shape index (κ1) is 18.6. The van der Waals surface area contributed by atoms with Gasteiger partial charge in [-0.2, -0.15) is 0 Å². The van der Waals surface area contributed by atoms with Gasteiger partial charge in [0.2, 0.25) is 11.9 Å². The molecule has 0 spiro atoms. The predicted molar refractivity (Wildman–Crippen MR) is 105 cm³/mol. The lowest BCUT2D eigenvalue weighted by molar-refractivity contribution is -0.135. The van der Waals surface area contributed by atoms with E-state index in [4.69, 9.17) is 0 Å². The summed E-state index contributed by atoms with van der Waals surface area (Å²) in [4.78, 5) is 45.5. The van der Waals surface area contributed by atoms with Crippen molar-refractivity contribution in [3.8, 4) is 0 Å². The Labute approximate surface area is 164 Å². The molecule has 8 nitrogen and oxygen atoms in total.